The average Bonchev–Trinajstić information content (AvgIpc) is 2.72. The van der Waals surface area contributed by atoms with E-state index in [0.29, 0.717) is 17.1 Å². The van der Waals surface area contributed by atoms with Gasteiger partial charge in [0.1, 0.15) is 18.4 Å². The lowest BCUT2D eigenvalue weighted by molar-refractivity contribution is -0.139. The Kier molecular flexibility index (Phi) is 8.89. The number of rotatable bonds is 9. The fourth-order valence-corrected chi connectivity index (χ4v) is 4.13. The molecule has 0 saturated carbocycles. The molecule has 1 atom stereocenters. The number of likely N-dealkylation sites (N-methyl/N-ethyl adjacent to an activating group) is 1. The van der Waals surface area contributed by atoms with Crippen LogP contribution in [0.2, 0.25) is 10.0 Å². The summed E-state index contributed by atoms with van der Waals surface area (Å²) in [6.07, 6.45) is 0.945. The van der Waals surface area contributed by atoms with Crippen LogP contribution in [-0.4, -0.2) is 50.5 Å². The maximum absolute atomic E-state index is 13.3. The lowest BCUT2D eigenvalue weighted by atomic mass is 10.1. The van der Waals surface area contributed by atoms with Crippen LogP contribution in [0.3, 0.4) is 0 Å². The Labute approximate surface area is 197 Å². The summed E-state index contributed by atoms with van der Waals surface area (Å²) in [5.41, 5.74) is 0.735. The minimum absolute atomic E-state index is 0.00492. The summed E-state index contributed by atoms with van der Waals surface area (Å²) in [5, 5.41) is 3.28. The van der Waals surface area contributed by atoms with Gasteiger partial charge in [-0.15, -0.1) is 0 Å². The number of nitrogens with one attached hydrogen (secondary N) is 1. The summed E-state index contributed by atoms with van der Waals surface area (Å²) >= 11 is 12.0. The number of sulfonamides is 1. The first kappa shape index (κ1) is 25.9. The van der Waals surface area contributed by atoms with Gasteiger partial charge in [0.15, 0.2) is 0 Å². The molecule has 1 N–H and O–H groups in total. The van der Waals surface area contributed by atoms with Gasteiger partial charge in [-0.1, -0.05) is 29.3 Å². The standard InChI is InChI=1S/C21H24Cl2FN3O4S/c1-4-25-21(29)14(2)26(12-15-5-10-18(22)19(23)11-15)20(28)13-27(32(3,30)31)17-8-6-16(24)7-9-17/h5-11,14H,4,12-13H2,1-3H3,(H,25,29)/t14-/m0/s1. The second kappa shape index (κ2) is 11.0. The maximum atomic E-state index is 13.3. The van der Waals surface area contributed by atoms with Gasteiger partial charge in [0.25, 0.3) is 0 Å². The van der Waals surface area contributed by atoms with Gasteiger partial charge in [-0.3, -0.25) is 13.9 Å². The lowest BCUT2D eigenvalue weighted by Crippen LogP contribution is -2.51. The molecule has 0 spiro atoms. The molecular formula is C21H24Cl2FN3O4S. The zero-order valence-electron chi connectivity index (χ0n) is 17.8. The van der Waals surface area contributed by atoms with Gasteiger partial charge in [0.2, 0.25) is 21.8 Å². The van der Waals surface area contributed by atoms with Crippen molar-refractivity contribution in [3.63, 3.8) is 0 Å². The van der Waals surface area contributed by atoms with Gasteiger partial charge in [-0.2, -0.15) is 0 Å². The SMILES string of the molecule is CCNC(=O)[C@H](C)N(Cc1ccc(Cl)c(Cl)c1)C(=O)CN(c1ccc(F)cc1)S(C)(=O)=O. The first-order valence-corrected chi connectivity index (χ1v) is 12.3. The fraction of sp³-hybridized carbons (Fsp3) is 0.333. The molecule has 0 bridgehead atoms. The molecule has 2 aromatic carbocycles. The van der Waals surface area contributed by atoms with E-state index in [9.17, 15) is 22.4 Å². The molecule has 0 fully saturated rings. The van der Waals surface area contributed by atoms with E-state index in [2.05, 4.69) is 5.32 Å². The molecule has 0 unspecified atom stereocenters. The Morgan fingerprint density at radius 2 is 1.72 bits per heavy atom. The molecule has 0 aliphatic heterocycles. The number of hydrogen-bond acceptors (Lipinski definition) is 4. The second-order valence-corrected chi connectivity index (χ2v) is 9.81. The molecule has 0 radical (unpaired) electrons. The summed E-state index contributed by atoms with van der Waals surface area (Å²) in [6.45, 7) is 3.08. The van der Waals surface area contributed by atoms with Crippen molar-refractivity contribution in [1.29, 1.82) is 0 Å². The molecule has 0 saturated heterocycles. The maximum Gasteiger partial charge on any atom is 0.244 e. The molecule has 0 aliphatic rings. The lowest BCUT2D eigenvalue weighted by Gasteiger charge is -2.31. The highest BCUT2D eigenvalue weighted by atomic mass is 35.5. The Morgan fingerprint density at radius 1 is 1.09 bits per heavy atom. The highest BCUT2D eigenvalue weighted by Crippen LogP contribution is 2.24. The fourth-order valence-electron chi connectivity index (χ4n) is 2.96. The Bertz CT molecular complexity index is 1080. The smallest absolute Gasteiger partial charge is 0.244 e. The van der Waals surface area contributed by atoms with Crippen molar-refractivity contribution >= 4 is 50.7 Å². The van der Waals surface area contributed by atoms with E-state index in [1.165, 1.54) is 17.0 Å². The van der Waals surface area contributed by atoms with Crippen molar-refractivity contribution in [2.45, 2.75) is 26.4 Å². The molecule has 2 amide bonds. The Hall–Kier alpha value is -2.36. The first-order chi connectivity index (χ1) is 14.9. The van der Waals surface area contributed by atoms with Crippen molar-refractivity contribution in [2.24, 2.45) is 0 Å². The van der Waals surface area contributed by atoms with E-state index in [-0.39, 0.29) is 17.3 Å². The molecule has 174 valence electrons. The van der Waals surface area contributed by atoms with Crippen molar-refractivity contribution in [2.75, 3.05) is 23.7 Å². The van der Waals surface area contributed by atoms with Gasteiger partial charge >= 0.3 is 0 Å². The van der Waals surface area contributed by atoms with Crippen molar-refractivity contribution in [3.05, 3.63) is 63.9 Å². The van der Waals surface area contributed by atoms with E-state index in [1.54, 1.807) is 32.0 Å². The van der Waals surface area contributed by atoms with Gasteiger partial charge in [-0.25, -0.2) is 12.8 Å². The molecule has 11 heteroatoms. The third-order valence-corrected chi connectivity index (χ3v) is 6.53. The van der Waals surface area contributed by atoms with Gasteiger partial charge in [0, 0.05) is 13.1 Å². The predicted molar refractivity (Wildman–Crippen MR) is 124 cm³/mol. The summed E-state index contributed by atoms with van der Waals surface area (Å²) in [7, 11) is -3.88. The van der Waals surface area contributed by atoms with Crippen LogP contribution in [-0.2, 0) is 26.2 Å². The number of carbonyl (C=O) groups is 2. The highest BCUT2D eigenvalue weighted by molar-refractivity contribution is 7.92. The summed E-state index contributed by atoms with van der Waals surface area (Å²) in [5.74, 6) is -1.56. The van der Waals surface area contributed by atoms with Crippen LogP contribution in [0.1, 0.15) is 19.4 Å². The number of hydrogen-bond donors (Lipinski definition) is 1. The summed E-state index contributed by atoms with van der Waals surface area (Å²) in [4.78, 5) is 27.0. The third kappa shape index (κ3) is 6.82. The van der Waals surface area contributed by atoms with Crippen LogP contribution >= 0.6 is 23.2 Å². The second-order valence-electron chi connectivity index (χ2n) is 7.09. The number of benzene rings is 2. The van der Waals surface area contributed by atoms with E-state index < -0.39 is 40.2 Å². The Balaban J connectivity index is 2.39. The molecule has 32 heavy (non-hydrogen) atoms. The monoisotopic (exact) mass is 503 g/mol. The van der Waals surface area contributed by atoms with Crippen LogP contribution in [0.4, 0.5) is 10.1 Å². The molecule has 7 nitrogen and oxygen atoms in total. The van der Waals surface area contributed by atoms with Crippen molar-refractivity contribution in [1.82, 2.24) is 10.2 Å². The predicted octanol–water partition coefficient (Wildman–Crippen LogP) is 3.45. The zero-order chi connectivity index (χ0) is 24.1. The number of carbonyl (C=O) groups excluding carboxylic acids is 2. The largest absolute Gasteiger partial charge is 0.355 e. The van der Waals surface area contributed by atoms with Crippen LogP contribution in [0, 0.1) is 5.82 Å². The van der Waals surface area contributed by atoms with Gasteiger partial charge < -0.3 is 10.2 Å². The van der Waals surface area contributed by atoms with Crippen LogP contribution in [0.25, 0.3) is 0 Å². The van der Waals surface area contributed by atoms with Crippen molar-refractivity contribution in [3.8, 4) is 0 Å². The molecule has 2 aromatic rings. The Morgan fingerprint density at radius 3 is 2.25 bits per heavy atom. The van der Waals surface area contributed by atoms with E-state index in [1.807, 2.05) is 0 Å². The van der Waals surface area contributed by atoms with Gasteiger partial charge in [-0.05, 0) is 55.8 Å². The summed E-state index contributed by atoms with van der Waals surface area (Å²) < 4.78 is 38.9. The van der Waals surface area contributed by atoms with E-state index in [0.717, 1.165) is 22.7 Å². The topological polar surface area (TPSA) is 86.8 Å². The molecule has 2 rings (SSSR count). The molecule has 0 aromatic heterocycles. The summed E-state index contributed by atoms with van der Waals surface area (Å²) in [6, 6.07) is 8.63. The van der Waals surface area contributed by atoms with Gasteiger partial charge in [0.05, 0.1) is 22.0 Å². The quantitative estimate of drug-likeness (QED) is 0.567. The number of nitrogens with zero attached hydrogens (tertiary/aromatic N) is 2. The highest BCUT2D eigenvalue weighted by Gasteiger charge is 2.30. The molecule has 0 heterocycles. The van der Waals surface area contributed by atoms with E-state index >= 15 is 0 Å². The number of halogens is 3. The molecular weight excluding hydrogens is 480 g/mol. The number of anilines is 1. The van der Waals surface area contributed by atoms with Crippen LogP contribution < -0.4 is 9.62 Å². The van der Waals surface area contributed by atoms with Crippen LogP contribution in [0.15, 0.2) is 42.5 Å². The van der Waals surface area contributed by atoms with Crippen molar-refractivity contribution < 1.29 is 22.4 Å². The zero-order valence-corrected chi connectivity index (χ0v) is 20.1. The number of amides is 2. The van der Waals surface area contributed by atoms with E-state index in [4.69, 9.17) is 23.2 Å². The third-order valence-electron chi connectivity index (χ3n) is 4.65. The minimum atomic E-state index is -3.88. The molecule has 0 aliphatic carbocycles. The first-order valence-electron chi connectivity index (χ1n) is 9.68. The average molecular weight is 504 g/mol. The normalized spacial score (nSPS) is 12.2. The minimum Gasteiger partial charge on any atom is -0.355 e. The van der Waals surface area contributed by atoms with Crippen LogP contribution in [0.5, 0.6) is 0 Å².